The molecule has 0 amide bonds. The van der Waals surface area contributed by atoms with Gasteiger partial charge < -0.3 is 14.2 Å². The molecule has 0 aliphatic carbocycles. The third kappa shape index (κ3) is 2.98. The van der Waals surface area contributed by atoms with Gasteiger partial charge in [-0.3, -0.25) is 9.59 Å². The molecule has 2 rings (SSSR count). The predicted octanol–water partition coefficient (Wildman–Crippen LogP) is 2.59. The second-order valence-corrected chi connectivity index (χ2v) is 5.92. The van der Waals surface area contributed by atoms with E-state index in [0.29, 0.717) is 12.8 Å². The summed E-state index contributed by atoms with van der Waals surface area (Å²) in [5.41, 5.74) is 0. The summed E-state index contributed by atoms with van der Waals surface area (Å²) in [6.45, 7) is 5.68. The number of Topliss-reactive ketones (excluding diaryl/α,β-unsaturated/α-hetero) is 1. The van der Waals surface area contributed by atoms with E-state index < -0.39 is 11.7 Å². The van der Waals surface area contributed by atoms with Crippen LogP contribution in [0.2, 0.25) is 0 Å². The van der Waals surface area contributed by atoms with E-state index in [-0.39, 0.29) is 23.8 Å². The molecule has 0 aromatic carbocycles. The normalized spacial score (nSPS) is 34.1. The third-order valence-electron chi connectivity index (χ3n) is 4.38. The third-order valence-corrected chi connectivity index (χ3v) is 4.38. The Morgan fingerprint density at radius 3 is 2.90 bits per heavy atom. The van der Waals surface area contributed by atoms with Gasteiger partial charge >= 0.3 is 5.97 Å². The molecule has 0 radical (unpaired) electrons. The minimum absolute atomic E-state index is 0.0256. The first-order valence-corrected chi connectivity index (χ1v) is 7.60. The largest absolute Gasteiger partial charge is 0.469 e. The van der Waals surface area contributed by atoms with Gasteiger partial charge in [0.25, 0.3) is 5.79 Å². The summed E-state index contributed by atoms with van der Waals surface area (Å²) in [5.74, 6) is -1.22. The molecule has 2 aliphatic rings. The number of ketones is 1. The molecule has 1 fully saturated rings. The van der Waals surface area contributed by atoms with Crippen LogP contribution in [0.1, 0.15) is 46.5 Å². The first-order chi connectivity index (χ1) is 9.93. The van der Waals surface area contributed by atoms with Gasteiger partial charge in [0.2, 0.25) is 5.78 Å². The highest BCUT2D eigenvalue weighted by Gasteiger charge is 2.52. The molecule has 1 saturated heterocycles. The van der Waals surface area contributed by atoms with E-state index in [4.69, 9.17) is 14.2 Å². The van der Waals surface area contributed by atoms with Crippen LogP contribution in [0.4, 0.5) is 0 Å². The zero-order chi connectivity index (χ0) is 15.6. The number of ether oxygens (including phenoxy) is 3. The second-order valence-electron chi connectivity index (χ2n) is 5.92. The molecule has 21 heavy (non-hydrogen) atoms. The Balaban J connectivity index is 2.22. The predicted molar refractivity (Wildman–Crippen MR) is 76.3 cm³/mol. The lowest BCUT2D eigenvalue weighted by atomic mass is 9.83. The fourth-order valence-corrected chi connectivity index (χ4v) is 3.10. The molecule has 2 aliphatic heterocycles. The summed E-state index contributed by atoms with van der Waals surface area (Å²) in [5, 5.41) is 0. The Bertz CT molecular complexity index is 456. The Morgan fingerprint density at radius 1 is 1.57 bits per heavy atom. The summed E-state index contributed by atoms with van der Waals surface area (Å²) in [4.78, 5) is 24.2. The Morgan fingerprint density at radius 2 is 2.29 bits per heavy atom. The van der Waals surface area contributed by atoms with Crippen LogP contribution in [0.15, 0.2) is 11.8 Å². The van der Waals surface area contributed by atoms with E-state index in [1.165, 1.54) is 7.11 Å². The topological polar surface area (TPSA) is 61.8 Å². The van der Waals surface area contributed by atoms with Crippen molar-refractivity contribution < 1.29 is 23.8 Å². The number of hydrogen-bond acceptors (Lipinski definition) is 5. The van der Waals surface area contributed by atoms with Gasteiger partial charge in [-0.2, -0.15) is 0 Å². The van der Waals surface area contributed by atoms with Gasteiger partial charge in [0.15, 0.2) is 0 Å². The fraction of sp³-hybridized carbons (Fsp3) is 0.750. The van der Waals surface area contributed by atoms with Gasteiger partial charge in [0.1, 0.15) is 0 Å². The van der Waals surface area contributed by atoms with Gasteiger partial charge in [0.05, 0.1) is 24.9 Å². The van der Waals surface area contributed by atoms with Crippen LogP contribution in [0.5, 0.6) is 0 Å². The lowest BCUT2D eigenvalue weighted by molar-refractivity contribution is -0.267. The van der Waals surface area contributed by atoms with Crippen LogP contribution < -0.4 is 0 Å². The lowest BCUT2D eigenvalue weighted by Crippen LogP contribution is -2.56. The summed E-state index contributed by atoms with van der Waals surface area (Å²) in [6.07, 6.45) is 3.98. The SMILES string of the molecule is CCC1=CCC[C@]2(O1)O[C@H]([C@@H](C)C(=O)OC)[C@H](C)CC2=O. The van der Waals surface area contributed by atoms with E-state index >= 15 is 0 Å². The molecule has 0 N–H and O–H groups in total. The van der Waals surface area contributed by atoms with Gasteiger partial charge in [-0.1, -0.05) is 13.8 Å². The Kier molecular flexibility index (Phi) is 4.71. The molecule has 4 atom stereocenters. The van der Waals surface area contributed by atoms with Crippen molar-refractivity contribution in [1.82, 2.24) is 0 Å². The molecular formula is C16H24O5. The number of methoxy groups -OCH3 is 1. The minimum atomic E-state index is -1.21. The van der Waals surface area contributed by atoms with Gasteiger partial charge in [0, 0.05) is 19.3 Å². The average Bonchev–Trinajstić information content (AvgIpc) is 2.50. The molecule has 0 aromatic heterocycles. The Labute approximate surface area is 125 Å². The van der Waals surface area contributed by atoms with Crippen molar-refractivity contribution in [2.75, 3.05) is 7.11 Å². The van der Waals surface area contributed by atoms with Crippen LogP contribution >= 0.6 is 0 Å². The highest BCUT2D eigenvalue weighted by Crippen LogP contribution is 2.40. The van der Waals surface area contributed by atoms with Crippen molar-refractivity contribution in [1.29, 1.82) is 0 Å². The molecule has 0 bridgehead atoms. The van der Waals surface area contributed by atoms with E-state index in [0.717, 1.165) is 18.6 Å². The molecule has 0 aromatic rings. The molecule has 5 heteroatoms. The molecule has 0 unspecified atom stereocenters. The van der Waals surface area contributed by atoms with Gasteiger partial charge in [-0.05, 0) is 25.3 Å². The van der Waals surface area contributed by atoms with E-state index in [2.05, 4.69) is 0 Å². The highest BCUT2D eigenvalue weighted by atomic mass is 16.7. The van der Waals surface area contributed by atoms with Crippen molar-refractivity contribution in [3.63, 3.8) is 0 Å². The first kappa shape index (κ1) is 16.0. The van der Waals surface area contributed by atoms with E-state index in [1.54, 1.807) is 6.92 Å². The number of hydrogen-bond donors (Lipinski definition) is 0. The van der Waals surface area contributed by atoms with Crippen molar-refractivity contribution in [2.45, 2.75) is 58.3 Å². The number of carbonyl (C=O) groups excluding carboxylic acids is 2. The Hall–Kier alpha value is -1.36. The minimum Gasteiger partial charge on any atom is -0.469 e. The summed E-state index contributed by atoms with van der Waals surface area (Å²) in [7, 11) is 1.36. The van der Waals surface area contributed by atoms with Crippen molar-refractivity contribution in [3.8, 4) is 0 Å². The van der Waals surface area contributed by atoms with Crippen LogP contribution in [0.3, 0.4) is 0 Å². The van der Waals surface area contributed by atoms with Gasteiger partial charge in [-0.15, -0.1) is 0 Å². The van der Waals surface area contributed by atoms with Gasteiger partial charge in [-0.25, -0.2) is 0 Å². The average molecular weight is 296 g/mol. The number of carbonyl (C=O) groups is 2. The molecule has 118 valence electrons. The van der Waals surface area contributed by atoms with Crippen molar-refractivity contribution in [2.24, 2.45) is 11.8 Å². The molecule has 1 spiro atoms. The van der Waals surface area contributed by atoms with Crippen LogP contribution in [0.25, 0.3) is 0 Å². The summed E-state index contributed by atoms with van der Waals surface area (Å²) in [6, 6.07) is 0. The summed E-state index contributed by atoms with van der Waals surface area (Å²) < 4.78 is 16.7. The van der Waals surface area contributed by atoms with E-state index in [9.17, 15) is 9.59 Å². The van der Waals surface area contributed by atoms with E-state index in [1.807, 2.05) is 19.9 Å². The van der Waals surface area contributed by atoms with Crippen molar-refractivity contribution in [3.05, 3.63) is 11.8 Å². The van der Waals surface area contributed by atoms with Crippen molar-refractivity contribution >= 4 is 11.8 Å². The van der Waals surface area contributed by atoms with Crippen LogP contribution in [0, 0.1) is 11.8 Å². The summed E-state index contributed by atoms with van der Waals surface area (Å²) >= 11 is 0. The fourth-order valence-electron chi connectivity index (χ4n) is 3.10. The van der Waals surface area contributed by atoms with Crippen LogP contribution in [-0.2, 0) is 23.8 Å². The highest BCUT2D eigenvalue weighted by molar-refractivity contribution is 5.87. The maximum Gasteiger partial charge on any atom is 0.311 e. The monoisotopic (exact) mass is 296 g/mol. The van der Waals surface area contributed by atoms with Crippen LogP contribution in [-0.4, -0.2) is 30.8 Å². The number of allylic oxidation sites excluding steroid dienone is 2. The number of rotatable bonds is 3. The maximum atomic E-state index is 12.5. The number of esters is 1. The lowest BCUT2D eigenvalue weighted by Gasteiger charge is -2.45. The first-order valence-electron chi connectivity index (χ1n) is 7.60. The maximum absolute atomic E-state index is 12.5. The zero-order valence-electron chi connectivity index (χ0n) is 13.2. The quantitative estimate of drug-likeness (QED) is 0.749. The molecule has 2 heterocycles. The zero-order valence-corrected chi connectivity index (χ0v) is 13.2. The standard InChI is InChI=1S/C16H24O5/c1-5-12-7-6-8-16(20-12)13(17)9-10(2)14(21-16)11(3)15(18)19-4/h7,10-11,14H,5-6,8-9H2,1-4H3/t10-,11-,14+,16+/m1/s1. The molecule has 5 nitrogen and oxygen atoms in total. The second kappa shape index (κ2) is 6.18. The molecular weight excluding hydrogens is 272 g/mol. The molecule has 0 saturated carbocycles. The smallest absolute Gasteiger partial charge is 0.311 e.